The monoisotopic (exact) mass is 242 g/mol. The number of hydrogen-bond donors (Lipinski definition) is 2. The van der Waals surface area contributed by atoms with Crippen LogP contribution < -0.4 is 5.32 Å². The first-order valence-electron chi connectivity index (χ1n) is 5.13. The normalized spacial score (nSPS) is 10.5. The summed E-state index contributed by atoms with van der Waals surface area (Å²) in [6.45, 7) is 5.02. The third kappa shape index (κ3) is 3.70. The van der Waals surface area contributed by atoms with Crippen LogP contribution in [0.2, 0.25) is 5.02 Å². The maximum Gasteiger partial charge on any atom is 0.337 e. The lowest BCUT2D eigenvalue weighted by atomic mass is 10.1. The number of anilines is 1. The first-order chi connectivity index (χ1) is 7.50. The number of pyridine rings is 1. The van der Waals surface area contributed by atoms with Crippen molar-refractivity contribution in [1.29, 1.82) is 0 Å². The quantitative estimate of drug-likeness (QED) is 0.834. The fourth-order valence-corrected chi connectivity index (χ4v) is 1.37. The molecule has 0 amide bonds. The topological polar surface area (TPSA) is 62.2 Å². The van der Waals surface area contributed by atoms with Crippen molar-refractivity contribution in [1.82, 2.24) is 4.98 Å². The number of aromatic nitrogens is 1. The predicted molar refractivity (Wildman–Crippen MR) is 64.2 cm³/mol. The van der Waals surface area contributed by atoms with E-state index in [1.807, 2.05) is 0 Å². The van der Waals surface area contributed by atoms with Gasteiger partial charge in [-0.25, -0.2) is 9.78 Å². The Balaban J connectivity index is 2.68. The molecule has 1 heterocycles. The molecule has 0 aromatic carbocycles. The molecule has 16 heavy (non-hydrogen) atoms. The van der Waals surface area contributed by atoms with E-state index in [1.165, 1.54) is 12.3 Å². The summed E-state index contributed by atoms with van der Waals surface area (Å²) < 4.78 is 0. The molecule has 1 rings (SSSR count). The lowest BCUT2D eigenvalue weighted by Gasteiger charge is -2.08. The van der Waals surface area contributed by atoms with Gasteiger partial charge in [-0.2, -0.15) is 0 Å². The molecule has 88 valence electrons. The van der Waals surface area contributed by atoms with Gasteiger partial charge in [0.2, 0.25) is 0 Å². The van der Waals surface area contributed by atoms with E-state index < -0.39 is 5.97 Å². The first kappa shape index (κ1) is 12.8. The second kappa shape index (κ2) is 5.70. The Morgan fingerprint density at radius 2 is 2.31 bits per heavy atom. The molecular weight excluding hydrogens is 228 g/mol. The molecule has 1 aromatic heterocycles. The summed E-state index contributed by atoms with van der Waals surface area (Å²) in [5.74, 6) is 0.0977. The number of rotatable bonds is 5. The van der Waals surface area contributed by atoms with Gasteiger partial charge in [0.25, 0.3) is 0 Å². The second-order valence-corrected chi connectivity index (χ2v) is 4.37. The minimum Gasteiger partial charge on any atom is -0.478 e. The molecule has 1 aromatic rings. The van der Waals surface area contributed by atoms with E-state index in [9.17, 15) is 4.79 Å². The largest absolute Gasteiger partial charge is 0.478 e. The highest BCUT2D eigenvalue weighted by molar-refractivity contribution is 6.33. The molecule has 0 aliphatic heterocycles. The van der Waals surface area contributed by atoms with Crippen LogP contribution in [0, 0.1) is 5.92 Å². The molecule has 0 bridgehead atoms. The van der Waals surface area contributed by atoms with Crippen LogP contribution in [0.3, 0.4) is 0 Å². The number of nitrogens with zero attached hydrogens (tertiary/aromatic N) is 1. The standard InChI is InChI=1S/C11H15ClN2O2/c1-7(2)3-4-13-10-5-8(11(15)16)9(12)6-14-10/h5-7H,3-4H2,1-2H3,(H,13,14)(H,15,16). The molecule has 0 spiro atoms. The van der Waals surface area contributed by atoms with E-state index in [0.29, 0.717) is 11.7 Å². The Kier molecular flexibility index (Phi) is 4.55. The molecule has 0 atom stereocenters. The molecule has 5 heteroatoms. The number of carboxylic acid groups (broad SMARTS) is 1. The molecule has 0 radical (unpaired) electrons. The molecular formula is C11H15ClN2O2. The van der Waals surface area contributed by atoms with Gasteiger partial charge in [0.15, 0.2) is 0 Å². The van der Waals surface area contributed by atoms with Crippen LogP contribution in [0.5, 0.6) is 0 Å². The van der Waals surface area contributed by atoms with Crippen LogP contribution in [-0.4, -0.2) is 22.6 Å². The zero-order valence-corrected chi connectivity index (χ0v) is 10.1. The SMILES string of the molecule is CC(C)CCNc1cc(C(=O)O)c(Cl)cn1. The Hall–Kier alpha value is -1.29. The van der Waals surface area contributed by atoms with Gasteiger partial charge in [0.05, 0.1) is 10.6 Å². The van der Waals surface area contributed by atoms with E-state index in [4.69, 9.17) is 16.7 Å². The van der Waals surface area contributed by atoms with Crippen molar-refractivity contribution in [2.24, 2.45) is 5.92 Å². The molecule has 2 N–H and O–H groups in total. The Bertz CT molecular complexity index is 380. The van der Waals surface area contributed by atoms with Crippen molar-refractivity contribution in [3.8, 4) is 0 Å². The fourth-order valence-electron chi connectivity index (χ4n) is 1.19. The molecule has 0 fully saturated rings. The van der Waals surface area contributed by atoms with Crippen LogP contribution in [-0.2, 0) is 0 Å². The van der Waals surface area contributed by atoms with Crippen molar-refractivity contribution in [2.75, 3.05) is 11.9 Å². The highest BCUT2D eigenvalue weighted by Crippen LogP contribution is 2.17. The number of halogens is 1. The molecule has 0 saturated carbocycles. The third-order valence-corrected chi connectivity index (χ3v) is 2.41. The first-order valence-corrected chi connectivity index (χ1v) is 5.51. The van der Waals surface area contributed by atoms with Gasteiger partial charge < -0.3 is 10.4 Å². The second-order valence-electron chi connectivity index (χ2n) is 3.96. The lowest BCUT2D eigenvalue weighted by molar-refractivity contribution is 0.0697. The summed E-state index contributed by atoms with van der Waals surface area (Å²) in [5, 5.41) is 12.1. The highest BCUT2D eigenvalue weighted by Gasteiger charge is 2.10. The third-order valence-electron chi connectivity index (χ3n) is 2.11. The lowest BCUT2D eigenvalue weighted by Crippen LogP contribution is -2.07. The molecule has 0 unspecified atom stereocenters. The van der Waals surface area contributed by atoms with E-state index in [0.717, 1.165) is 13.0 Å². The molecule has 4 nitrogen and oxygen atoms in total. The number of hydrogen-bond acceptors (Lipinski definition) is 3. The molecule has 0 saturated heterocycles. The Labute approximate surface area is 99.6 Å². The average molecular weight is 243 g/mol. The van der Waals surface area contributed by atoms with Crippen LogP contribution >= 0.6 is 11.6 Å². The number of carbonyl (C=O) groups is 1. The summed E-state index contributed by atoms with van der Waals surface area (Å²) in [4.78, 5) is 14.8. The van der Waals surface area contributed by atoms with Gasteiger partial charge in [-0.05, 0) is 18.4 Å². The number of nitrogens with one attached hydrogen (secondary N) is 1. The van der Waals surface area contributed by atoms with Crippen molar-refractivity contribution >= 4 is 23.4 Å². The van der Waals surface area contributed by atoms with Gasteiger partial charge in [-0.15, -0.1) is 0 Å². The summed E-state index contributed by atoms with van der Waals surface area (Å²) in [7, 11) is 0. The van der Waals surface area contributed by atoms with Gasteiger partial charge in [0, 0.05) is 12.7 Å². The number of carboxylic acids is 1. The van der Waals surface area contributed by atoms with Crippen molar-refractivity contribution in [3.63, 3.8) is 0 Å². The van der Waals surface area contributed by atoms with E-state index in [2.05, 4.69) is 24.1 Å². The molecule has 0 aliphatic rings. The minimum atomic E-state index is -1.04. The maximum absolute atomic E-state index is 10.8. The van der Waals surface area contributed by atoms with Crippen LogP contribution in [0.1, 0.15) is 30.6 Å². The van der Waals surface area contributed by atoms with Gasteiger partial charge in [-0.3, -0.25) is 0 Å². The average Bonchev–Trinajstić information content (AvgIpc) is 2.19. The van der Waals surface area contributed by atoms with Crippen LogP contribution in [0.15, 0.2) is 12.3 Å². The summed E-state index contributed by atoms with van der Waals surface area (Å²) >= 11 is 5.70. The van der Waals surface area contributed by atoms with Crippen LogP contribution in [0.4, 0.5) is 5.82 Å². The zero-order chi connectivity index (χ0) is 12.1. The smallest absolute Gasteiger partial charge is 0.337 e. The maximum atomic E-state index is 10.8. The minimum absolute atomic E-state index is 0.0729. The number of aromatic carboxylic acids is 1. The summed E-state index contributed by atoms with van der Waals surface area (Å²) in [5.41, 5.74) is 0.0729. The fraction of sp³-hybridized carbons (Fsp3) is 0.455. The van der Waals surface area contributed by atoms with Crippen molar-refractivity contribution in [3.05, 3.63) is 22.8 Å². The highest BCUT2D eigenvalue weighted by atomic mass is 35.5. The molecule has 0 aliphatic carbocycles. The van der Waals surface area contributed by atoms with Gasteiger partial charge in [0.1, 0.15) is 5.82 Å². The van der Waals surface area contributed by atoms with Gasteiger partial charge >= 0.3 is 5.97 Å². The van der Waals surface area contributed by atoms with E-state index >= 15 is 0 Å². The zero-order valence-electron chi connectivity index (χ0n) is 9.33. The van der Waals surface area contributed by atoms with Crippen LogP contribution in [0.25, 0.3) is 0 Å². The van der Waals surface area contributed by atoms with Crippen molar-refractivity contribution < 1.29 is 9.90 Å². The summed E-state index contributed by atoms with van der Waals surface area (Å²) in [6.07, 6.45) is 2.36. The van der Waals surface area contributed by atoms with E-state index in [-0.39, 0.29) is 10.6 Å². The Morgan fingerprint density at radius 3 is 2.88 bits per heavy atom. The Morgan fingerprint density at radius 1 is 1.62 bits per heavy atom. The van der Waals surface area contributed by atoms with E-state index in [1.54, 1.807) is 0 Å². The summed E-state index contributed by atoms with van der Waals surface area (Å²) in [6, 6.07) is 1.45. The van der Waals surface area contributed by atoms with Crippen molar-refractivity contribution in [2.45, 2.75) is 20.3 Å². The van der Waals surface area contributed by atoms with Gasteiger partial charge in [-0.1, -0.05) is 25.4 Å². The predicted octanol–water partition coefficient (Wildman–Crippen LogP) is 2.89.